The number of nitrogens with one attached hydrogen (secondary N) is 1. The predicted octanol–water partition coefficient (Wildman–Crippen LogP) is 3.85. The third kappa shape index (κ3) is 6.31. The molecule has 0 spiro atoms. The molecule has 1 aliphatic rings. The Morgan fingerprint density at radius 1 is 1.07 bits per heavy atom. The number of aromatic nitrogens is 4. The number of likely N-dealkylation sites (N-methyl/N-ethyl adjacent to an activating group) is 1. The van der Waals surface area contributed by atoms with Gasteiger partial charge in [0, 0.05) is 30.6 Å². The van der Waals surface area contributed by atoms with Crippen LogP contribution < -0.4 is 19.7 Å². The quantitative estimate of drug-likeness (QED) is 0.233. The Hall–Kier alpha value is -5.69. The average Bonchev–Trinajstić information content (AvgIpc) is 3.47. The van der Waals surface area contributed by atoms with Crippen molar-refractivity contribution in [2.45, 2.75) is 19.0 Å². The maximum absolute atomic E-state index is 13.3. The van der Waals surface area contributed by atoms with Crippen molar-refractivity contribution in [3.05, 3.63) is 108 Å². The van der Waals surface area contributed by atoms with E-state index in [0.717, 1.165) is 27.8 Å². The smallest absolute Gasteiger partial charge is 0.291 e. The number of carbonyl (C=O) groups excluding carboxylic acids is 2. The van der Waals surface area contributed by atoms with Crippen molar-refractivity contribution in [1.29, 1.82) is 0 Å². The lowest BCUT2D eigenvalue weighted by Gasteiger charge is -2.20. The van der Waals surface area contributed by atoms with Crippen molar-refractivity contribution in [3.8, 4) is 23.3 Å². The van der Waals surface area contributed by atoms with Crippen LogP contribution >= 0.6 is 0 Å². The van der Waals surface area contributed by atoms with Gasteiger partial charge in [0.05, 0.1) is 24.4 Å². The summed E-state index contributed by atoms with van der Waals surface area (Å²) >= 11 is 0. The molecule has 10 nitrogen and oxygen atoms in total. The molecule has 2 aromatic heterocycles. The molecule has 0 saturated heterocycles. The van der Waals surface area contributed by atoms with Gasteiger partial charge in [-0.05, 0) is 48.0 Å². The lowest BCUT2D eigenvalue weighted by Crippen LogP contribution is -2.49. The average molecular weight is 573 g/mol. The maximum atomic E-state index is 13.3. The van der Waals surface area contributed by atoms with E-state index >= 15 is 0 Å². The van der Waals surface area contributed by atoms with E-state index in [9.17, 15) is 9.59 Å². The minimum atomic E-state index is -0.915. The van der Waals surface area contributed by atoms with E-state index in [1.54, 1.807) is 30.1 Å². The Morgan fingerprint density at radius 2 is 1.95 bits per heavy atom. The molecule has 3 aromatic carbocycles. The van der Waals surface area contributed by atoms with Crippen LogP contribution in [-0.4, -0.2) is 57.9 Å². The first-order valence-electron chi connectivity index (χ1n) is 13.8. The highest BCUT2D eigenvalue weighted by Gasteiger charge is 2.31. The molecule has 43 heavy (non-hydrogen) atoms. The number of hydrogen-bond acceptors (Lipinski definition) is 7. The SMILES string of the molecule is CN1C(=O)[C@@H](NC(=O)c2ncn(Cc3ccccc3)n2)COc2ccc(C#CCCOc3cccc4ncccc34)cc21. The van der Waals surface area contributed by atoms with Crippen molar-refractivity contribution < 1.29 is 19.1 Å². The standard InChI is InChI=1S/C33H28N6O4/c1-38-28-19-23(9-5-6-18-42-29-14-7-13-26-25(29)12-8-17-34-26)15-16-30(28)43-21-27(33(38)41)36-32(40)31-35-22-39(37-31)20-24-10-3-2-4-11-24/h2-4,7-8,10-17,19,22,27H,6,18,20-21H2,1H3,(H,36,40)/t27-/m0/s1. The molecule has 0 unspecified atom stereocenters. The molecule has 10 heteroatoms. The summed E-state index contributed by atoms with van der Waals surface area (Å²) < 4.78 is 13.4. The van der Waals surface area contributed by atoms with Crippen LogP contribution in [0.4, 0.5) is 5.69 Å². The number of pyridine rings is 1. The summed E-state index contributed by atoms with van der Waals surface area (Å²) in [7, 11) is 1.64. The van der Waals surface area contributed by atoms with Crippen LogP contribution in [0, 0.1) is 11.8 Å². The number of carbonyl (C=O) groups is 2. The summed E-state index contributed by atoms with van der Waals surface area (Å²) in [6, 6.07) is 23.9. The second-order valence-electron chi connectivity index (χ2n) is 9.89. The summed E-state index contributed by atoms with van der Waals surface area (Å²) in [5.74, 6) is 6.66. The van der Waals surface area contributed by atoms with E-state index < -0.39 is 11.9 Å². The number of hydrogen-bond donors (Lipinski definition) is 1. The molecule has 1 aliphatic heterocycles. The Kier molecular flexibility index (Phi) is 7.95. The van der Waals surface area contributed by atoms with Gasteiger partial charge in [-0.1, -0.05) is 48.2 Å². The zero-order valence-corrected chi connectivity index (χ0v) is 23.4. The Labute approximate surface area is 248 Å². The van der Waals surface area contributed by atoms with Gasteiger partial charge in [0.25, 0.3) is 11.8 Å². The summed E-state index contributed by atoms with van der Waals surface area (Å²) in [6.45, 7) is 0.873. The number of ether oxygens (including phenoxy) is 2. The molecule has 214 valence electrons. The van der Waals surface area contributed by atoms with Gasteiger partial charge in [-0.25, -0.2) is 9.67 Å². The van der Waals surface area contributed by atoms with Gasteiger partial charge in [0.1, 0.15) is 30.5 Å². The molecule has 6 rings (SSSR count). The Bertz CT molecular complexity index is 1840. The van der Waals surface area contributed by atoms with E-state index in [4.69, 9.17) is 9.47 Å². The van der Waals surface area contributed by atoms with Crippen LogP contribution in [0.15, 0.2) is 91.4 Å². The number of benzene rings is 3. The summed E-state index contributed by atoms with van der Waals surface area (Å²) in [6.07, 6.45) is 3.76. The minimum absolute atomic E-state index is 0.0215. The van der Waals surface area contributed by atoms with Crippen LogP contribution in [-0.2, 0) is 11.3 Å². The summed E-state index contributed by atoms with van der Waals surface area (Å²) in [5, 5.41) is 7.94. The number of fused-ring (bicyclic) bond motifs is 2. The molecule has 0 aliphatic carbocycles. The van der Waals surface area contributed by atoms with Crippen molar-refractivity contribution in [2.75, 3.05) is 25.2 Å². The third-order valence-corrected chi connectivity index (χ3v) is 6.91. The first kappa shape index (κ1) is 27.5. The Balaban J connectivity index is 1.06. The van der Waals surface area contributed by atoms with Crippen molar-refractivity contribution in [1.82, 2.24) is 25.1 Å². The van der Waals surface area contributed by atoms with Crippen LogP contribution in [0.2, 0.25) is 0 Å². The number of amides is 2. The number of nitrogens with zero attached hydrogens (tertiary/aromatic N) is 5. The maximum Gasteiger partial charge on any atom is 0.291 e. The molecular weight excluding hydrogens is 544 g/mol. The topological polar surface area (TPSA) is 111 Å². The van der Waals surface area contributed by atoms with Gasteiger partial charge in [-0.3, -0.25) is 14.6 Å². The number of anilines is 1. The zero-order valence-electron chi connectivity index (χ0n) is 23.4. The van der Waals surface area contributed by atoms with Gasteiger partial charge in [-0.2, -0.15) is 0 Å². The first-order valence-corrected chi connectivity index (χ1v) is 13.8. The molecular formula is C33H28N6O4. The van der Waals surface area contributed by atoms with Crippen molar-refractivity contribution in [3.63, 3.8) is 0 Å². The highest BCUT2D eigenvalue weighted by atomic mass is 16.5. The van der Waals surface area contributed by atoms with Gasteiger partial charge >= 0.3 is 0 Å². The molecule has 0 saturated carbocycles. The molecule has 5 aromatic rings. The molecule has 0 bridgehead atoms. The predicted molar refractivity (Wildman–Crippen MR) is 161 cm³/mol. The summed E-state index contributed by atoms with van der Waals surface area (Å²) in [4.78, 5) is 36.1. The molecule has 1 N–H and O–H groups in total. The third-order valence-electron chi connectivity index (χ3n) is 6.91. The lowest BCUT2D eigenvalue weighted by molar-refractivity contribution is -0.120. The van der Waals surface area contributed by atoms with Gasteiger partial charge in [0.2, 0.25) is 5.82 Å². The molecule has 0 fully saturated rings. The molecule has 1 atom stereocenters. The minimum Gasteiger partial charge on any atom is -0.492 e. The van der Waals surface area contributed by atoms with Gasteiger partial charge in [0.15, 0.2) is 0 Å². The second-order valence-corrected chi connectivity index (χ2v) is 9.89. The Morgan fingerprint density at radius 3 is 2.84 bits per heavy atom. The first-order chi connectivity index (χ1) is 21.0. The fourth-order valence-electron chi connectivity index (χ4n) is 4.73. The van der Waals surface area contributed by atoms with E-state index in [-0.39, 0.29) is 18.3 Å². The number of rotatable bonds is 7. The van der Waals surface area contributed by atoms with E-state index in [1.165, 1.54) is 11.2 Å². The zero-order chi connectivity index (χ0) is 29.6. The van der Waals surface area contributed by atoms with E-state index in [1.807, 2.05) is 66.7 Å². The van der Waals surface area contributed by atoms with Crippen molar-refractivity contribution >= 4 is 28.4 Å². The normalized spacial score (nSPS) is 14.2. The van der Waals surface area contributed by atoms with Crippen LogP contribution in [0.3, 0.4) is 0 Å². The van der Waals surface area contributed by atoms with Crippen molar-refractivity contribution in [2.24, 2.45) is 0 Å². The van der Waals surface area contributed by atoms with Crippen LogP contribution in [0.25, 0.3) is 10.9 Å². The highest BCUT2D eigenvalue weighted by molar-refractivity contribution is 6.02. The monoisotopic (exact) mass is 572 g/mol. The fraction of sp³-hybridized carbons (Fsp3) is 0.182. The fourth-order valence-corrected chi connectivity index (χ4v) is 4.73. The van der Waals surface area contributed by atoms with Crippen LogP contribution in [0.5, 0.6) is 11.5 Å². The molecule has 3 heterocycles. The lowest BCUT2D eigenvalue weighted by atomic mass is 10.1. The largest absolute Gasteiger partial charge is 0.492 e. The molecule has 2 amide bonds. The van der Waals surface area contributed by atoms with Gasteiger partial charge < -0.3 is 19.7 Å². The van der Waals surface area contributed by atoms with Gasteiger partial charge in [-0.15, -0.1) is 5.10 Å². The highest BCUT2D eigenvalue weighted by Crippen LogP contribution is 2.31. The second kappa shape index (κ2) is 12.4. The summed E-state index contributed by atoms with van der Waals surface area (Å²) in [5.41, 5.74) is 3.21. The van der Waals surface area contributed by atoms with E-state index in [0.29, 0.717) is 31.0 Å². The van der Waals surface area contributed by atoms with E-state index in [2.05, 4.69) is 32.2 Å². The molecule has 0 radical (unpaired) electrons. The van der Waals surface area contributed by atoms with Crippen LogP contribution in [0.1, 0.15) is 28.2 Å².